The maximum Gasteiger partial charge on any atom is 0.243 e. The van der Waals surface area contributed by atoms with Crippen molar-refractivity contribution in [2.24, 2.45) is 5.92 Å². The molecule has 1 aromatic rings. The summed E-state index contributed by atoms with van der Waals surface area (Å²) in [5.74, 6) is 0.330. The van der Waals surface area contributed by atoms with E-state index < -0.39 is 20.0 Å². The van der Waals surface area contributed by atoms with Crippen LogP contribution in [-0.2, 0) is 24.8 Å². The Morgan fingerprint density at radius 2 is 1.71 bits per heavy atom. The fourth-order valence-corrected chi connectivity index (χ4v) is 6.79. The van der Waals surface area contributed by atoms with E-state index in [0.29, 0.717) is 38.5 Å². The Balaban J connectivity index is 1.74. The van der Waals surface area contributed by atoms with E-state index in [1.807, 2.05) is 20.8 Å². The summed E-state index contributed by atoms with van der Waals surface area (Å²) in [4.78, 5) is 0.204. The third kappa shape index (κ3) is 4.94. The summed E-state index contributed by atoms with van der Waals surface area (Å²) < 4.78 is 60.9. The van der Waals surface area contributed by atoms with E-state index in [4.69, 9.17) is 4.74 Å². The van der Waals surface area contributed by atoms with Crippen LogP contribution in [0.4, 0.5) is 0 Å². The summed E-state index contributed by atoms with van der Waals surface area (Å²) in [5, 5.41) is 0. The molecule has 2 atom stereocenters. The Hall–Kier alpha value is -1.00. The maximum atomic E-state index is 12.8. The highest BCUT2D eigenvalue weighted by molar-refractivity contribution is 7.89. The first-order chi connectivity index (χ1) is 13.0. The van der Waals surface area contributed by atoms with Crippen LogP contribution in [0.2, 0.25) is 0 Å². The van der Waals surface area contributed by atoms with E-state index in [-0.39, 0.29) is 21.4 Å². The van der Waals surface area contributed by atoms with E-state index in [1.165, 1.54) is 28.6 Å². The molecule has 2 heterocycles. The van der Waals surface area contributed by atoms with Crippen LogP contribution < -0.4 is 4.72 Å². The molecule has 158 valence electrons. The number of benzene rings is 1. The summed E-state index contributed by atoms with van der Waals surface area (Å²) in [6, 6.07) is 5.31. The lowest BCUT2D eigenvalue weighted by Crippen LogP contribution is -2.45. The Morgan fingerprint density at radius 3 is 2.32 bits per heavy atom. The molecule has 0 radical (unpaired) electrons. The van der Waals surface area contributed by atoms with Crippen LogP contribution in [0.15, 0.2) is 34.1 Å². The van der Waals surface area contributed by atoms with Gasteiger partial charge in [-0.3, -0.25) is 0 Å². The van der Waals surface area contributed by atoms with Gasteiger partial charge in [0.1, 0.15) is 0 Å². The molecule has 2 aliphatic rings. The monoisotopic (exact) mass is 430 g/mol. The van der Waals surface area contributed by atoms with E-state index in [1.54, 1.807) is 0 Å². The Morgan fingerprint density at radius 1 is 1.07 bits per heavy atom. The van der Waals surface area contributed by atoms with E-state index in [9.17, 15) is 16.8 Å². The van der Waals surface area contributed by atoms with Gasteiger partial charge in [-0.15, -0.1) is 0 Å². The second-order valence-corrected chi connectivity index (χ2v) is 12.2. The molecule has 28 heavy (non-hydrogen) atoms. The highest BCUT2D eigenvalue weighted by atomic mass is 32.2. The molecule has 0 amide bonds. The fourth-order valence-electron chi connectivity index (χ4n) is 3.92. The summed E-state index contributed by atoms with van der Waals surface area (Å²) in [6.45, 7) is 7.44. The topological polar surface area (TPSA) is 92.8 Å². The predicted octanol–water partition coefficient (Wildman–Crippen LogP) is 2.34. The van der Waals surface area contributed by atoms with Gasteiger partial charge in [0.15, 0.2) is 0 Å². The molecule has 9 heteroatoms. The van der Waals surface area contributed by atoms with Crippen molar-refractivity contribution in [1.82, 2.24) is 9.03 Å². The number of nitrogens with zero attached hydrogens (tertiary/aromatic N) is 1. The highest BCUT2D eigenvalue weighted by Gasteiger charge is 2.32. The van der Waals surface area contributed by atoms with Gasteiger partial charge in [0.2, 0.25) is 20.0 Å². The zero-order chi connectivity index (χ0) is 20.6. The number of rotatable bonds is 5. The minimum Gasteiger partial charge on any atom is -0.375 e. The lowest BCUT2D eigenvalue weighted by Gasteiger charge is -2.35. The third-order valence-electron chi connectivity index (χ3n) is 5.41. The number of nitrogens with one attached hydrogen (secondary N) is 1. The molecule has 2 aliphatic heterocycles. The largest absolute Gasteiger partial charge is 0.375 e. The van der Waals surface area contributed by atoms with Crippen LogP contribution in [0.5, 0.6) is 0 Å². The second-order valence-electron chi connectivity index (χ2n) is 8.50. The van der Waals surface area contributed by atoms with Crippen molar-refractivity contribution in [3.63, 3.8) is 0 Å². The molecule has 0 bridgehead atoms. The lowest BCUT2D eigenvalue weighted by atomic mass is 9.95. The molecule has 3 rings (SSSR count). The third-order valence-corrected chi connectivity index (χ3v) is 8.83. The van der Waals surface area contributed by atoms with Crippen LogP contribution in [-0.4, -0.2) is 52.5 Å². The van der Waals surface area contributed by atoms with Gasteiger partial charge >= 0.3 is 0 Å². The van der Waals surface area contributed by atoms with Gasteiger partial charge in [0.25, 0.3) is 0 Å². The first kappa shape index (κ1) is 21.7. The SMILES string of the molecule is C[C@H]1CCCN(S(=O)(=O)c2ccc(S(=O)(=O)N[C@H]3CCOC(C)(C)C3)cc2)C1. The first-order valence-electron chi connectivity index (χ1n) is 9.76. The summed E-state index contributed by atoms with van der Waals surface area (Å²) in [6.07, 6.45) is 3.07. The van der Waals surface area contributed by atoms with Crippen LogP contribution in [0.25, 0.3) is 0 Å². The van der Waals surface area contributed by atoms with Crippen LogP contribution >= 0.6 is 0 Å². The number of sulfonamides is 2. The number of hydrogen-bond donors (Lipinski definition) is 1. The average Bonchev–Trinajstić information content (AvgIpc) is 2.60. The van der Waals surface area contributed by atoms with Gasteiger partial charge in [-0.1, -0.05) is 6.92 Å². The van der Waals surface area contributed by atoms with Crippen molar-refractivity contribution < 1.29 is 21.6 Å². The Kier molecular flexibility index (Phi) is 6.22. The molecule has 2 fully saturated rings. The zero-order valence-corrected chi connectivity index (χ0v) is 18.4. The molecule has 0 aliphatic carbocycles. The quantitative estimate of drug-likeness (QED) is 0.774. The predicted molar refractivity (Wildman–Crippen MR) is 107 cm³/mol. The molecule has 0 unspecified atom stereocenters. The van der Waals surface area contributed by atoms with Crippen molar-refractivity contribution in [2.75, 3.05) is 19.7 Å². The van der Waals surface area contributed by atoms with Crippen LogP contribution in [0.3, 0.4) is 0 Å². The minimum absolute atomic E-state index is 0.0720. The summed E-state index contributed by atoms with van der Waals surface area (Å²) in [7, 11) is -7.32. The van der Waals surface area contributed by atoms with Gasteiger partial charge in [0.05, 0.1) is 15.4 Å². The summed E-state index contributed by atoms with van der Waals surface area (Å²) >= 11 is 0. The van der Waals surface area contributed by atoms with Crippen molar-refractivity contribution in [3.05, 3.63) is 24.3 Å². The van der Waals surface area contributed by atoms with Crippen LogP contribution in [0.1, 0.15) is 46.5 Å². The normalized spacial score (nSPS) is 26.8. The lowest BCUT2D eigenvalue weighted by molar-refractivity contribution is -0.0599. The molecule has 1 N–H and O–H groups in total. The van der Waals surface area contributed by atoms with E-state index in [0.717, 1.165) is 12.8 Å². The van der Waals surface area contributed by atoms with Crippen molar-refractivity contribution >= 4 is 20.0 Å². The van der Waals surface area contributed by atoms with Gasteiger partial charge < -0.3 is 4.74 Å². The van der Waals surface area contributed by atoms with Crippen molar-refractivity contribution in [2.45, 2.75) is 67.9 Å². The maximum absolute atomic E-state index is 12.8. The fraction of sp³-hybridized carbons (Fsp3) is 0.684. The van der Waals surface area contributed by atoms with Gasteiger partial charge in [-0.05, 0) is 69.7 Å². The average molecular weight is 431 g/mol. The first-order valence-corrected chi connectivity index (χ1v) is 12.7. The van der Waals surface area contributed by atoms with Gasteiger partial charge in [-0.2, -0.15) is 4.31 Å². The molecule has 0 saturated carbocycles. The van der Waals surface area contributed by atoms with Gasteiger partial charge in [-0.25, -0.2) is 21.6 Å². The highest BCUT2D eigenvalue weighted by Crippen LogP contribution is 2.27. The molecule has 2 saturated heterocycles. The molecule has 1 aromatic carbocycles. The minimum atomic E-state index is -3.72. The summed E-state index contributed by atoms with van der Waals surface area (Å²) in [5.41, 5.74) is -0.366. The molecule has 0 spiro atoms. The molecule has 0 aromatic heterocycles. The van der Waals surface area contributed by atoms with Crippen molar-refractivity contribution in [1.29, 1.82) is 0 Å². The number of ether oxygens (including phenoxy) is 1. The second kappa shape index (κ2) is 8.02. The van der Waals surface area contributed by atoms with Gasteiger partial charge in [0, 0.05) is 25.7 Å². The standard InChI is InChI=1S/C19H30N2O5S2/c1-15-5-4-11-21(14-15)28(24,25)18-8-6-17(7-9-18)27(22,23)20-16-10-12-26-19(2,3)13-16/h6-9,15-16,20H,4-5,10-14H2,1-3H3/t15-,16-/m0/s1. The Bertz CT molecular complexity index is 895. The van der Waals surface area contributed by atoms with E-state index in [2.05, 4.69) is 4.72 Å². The van der Waals surface area contributed by atoms with E-state index >= 15 is 0 Å². The number of piperidine rings is 1. The smallest absolute Gasteiger partial charge is 0.243 e. The zero-order valence-electron chi connectivity index (χ0n) is 16.7. The molecular weight excluding hydrogens is 400 g/mol. The molecule has 7 nitrogen and oxygen atoms in total. The van der Waals surface area contributed by atoms with Crippen LogP contribution in [0, 0.1) is 5.92 Å². The number of hydrogen-bond acceptors (Lipinski definition) is 5. The van der Waals surface area contributed by atoms with Crippen molar-refractivity contribution in [3.8, 4) is 0 Å². The Labute approximate surface area is 168 Å². The molecular formula is C19H30N2O5S2.